The second-order valence-corrected chi connectivity index (χ2v) is 7.90. The van der Waals surface area contributed by atoms with Crippen molar-refractivity contribution in [3.8, 4) is 5.69 Å². The molecule has 0 saturated carbocycles. The zero-order valence-corrected chi connectivity index (χ0v) is 21.1. The number of imidazole rings is 1. The molecule has 0 aliphatic carbocycles. The molecule has 31 heavy (non-hydrogen) atoms. The number of aliphatic imine (C=N–C) groups is 1. The number of nitrogens with zero attached hydrogens (tertiary/aromatic N) is 4. The van der Waals surface area contributed by atoms with Crippen molar-refractivity contribution in [1.82, 2.24) is 25.1 Å². The minimum atomic E-state index is -0.273. The molecule has 1 aromatic heterocycles. The van der Waals surface area contributed by atoms with E-state index in [1.807, 2.05) is 13.0 Å². The summed E-state index contributed by atoms with van der Waals surface area (Å²) < 4.78 is 21.8. The lowest BCUT2D eigenvalue weighted by Gasteiger charge is -2.37. The van der Waals surface area contributed by atoms with Crippen molar-refractivity contribution >= 4 is 29.9 Å². The summed E-state index contributed by atoms with van der Waals surface area (Å²) in [4.78, 5) is 10.9. The van der Waals surface area contributed by atoms with Gasteiger partial charge in [0, 0.05) is 51.7 Å². The highest BCUT2D eigenvalue weighted by Crippen LogP contribution is 2.17. The third-order valence-corrected chi connectivity index (χ3v) is 5.54. The van der Waals surface area contributed by atoms with E-state index in [9.17, 15) is 4.39 Å². The predicted molar refractivity (Wildman–Crippen MR) is 133 cm³/mol. The van der Waals surface area contributed by atoms with Crippen LogP contribution in [0.1, 0.15) is 25.2 Å². The molecule has 2 aromatic rings. The molecule has 0 radical (unpaired) electrons. The highest BCUT2D eigenvalue weighted by atomic mass is 127. The molecule has 1 unspecified atom stereocenters. The van der Waals surface area contributed by atoms with Crippen molar-refractivity contribution in [2.75, 3.05) is 39.9 Å². The Kier molecular flexibility index (Phi) is 10.2. The minimum Gasteiger partial charge on any atom is -0.379 e. The number of benzene rings is 1. The van der Waals surface area contributed by atoms with Gasteiger partial charge >= 0.3 is 0 Å². The number of guanidine groups is 1. The smallest absolute Gasteiger partial charge is 0.191 e. The van der Waals surface area contributed by atoms with Crippen LogP contribution in [0.15, 0.2) is 35.6 Å². The summed E-state index contributed by atoms with van der Waals surface area (Å²) >= 11 is 0. The van der Waals surface area contributed by atoms with E-state index in [1.54, 1.807) is 36.1 Å². The van der Waals surface area contributed by atoms with Crippen molar-refractivity contribution in [3.05, 3.63) is 47.8 Å². The Bertz CT molecular complexity index is 850. The Morgan fingerprint density at radius 1 is 1.26 bits per heavy atom. The van der Waals surface area contributed by atoms with E-state index in [-0.39, 0.29) is 29.8 Å². The van der Waals surface area contributed by atoms with Crippen molar-refractivity contribution in [2.24, 2.45) is 10.9 Å². The Hall–Kier alpha value is -1.72. The highest BCUT2D eigenvalue weighted by Gasteiger charge is 2.23. The maximum absolute atomic E-state index is 14.6. The van der Waals surface area contributed by atoms with Gasteiger partial charge in [0.25, 0.3) is 0 Å². The van der Waals surface area contributed by atoms with Crippen molar-refractivity contribution in [2.45, 2.75) is 33.4 Å². The van der Waals surface area contributed by atoms with Gasteiger partial charge in [-0.2, -0.15) is 0 Å². The van der Waals surface area contributed by atoms with Crippen molar-refractivity contribution < 1.29 is 9.13 Å². The molecule has 7 nitrogen and oxygen atoms in total. The largest absolute Gasteiger partial charge is 0.379 e. The average Bonchev–Trinajstić information content (AvgIpc) is 3.16. The van der Waals surface area contributed by atoms with Crippen molar-refractivity contribution in [1.29, 1.82) is 0 Å². The molecule has 172 valence electrons. The molecule has 1 fully saturated rings. The van der Waals surface area contributed by atoms with Crippen LogP contribution >= 0.6 is 24.0 Å². The van der Waals surface area contributed by atoms with E-state index in [1.165, 1.54) is 0 Å². The number of aryl methyl sites for hydroxylation is 1. The first-order valence-corrected chi connectivity index (χ1v) is 10.5. The normalized spacial score (nSPS) is 16.1. The maximum Gasteiger partial charge on any atom is 0.191 e. The second-order valence-electron chi connectivity index (χ2n) is 7.90. The van der Waals surface area contributed by atoms with Crippen LogP contribution in [0.4, 0.5) is 4.39 Å². The highest BCUT2D eigenvalue weighted by molar-refractivity contribution is 14.0. The molecule has 1 aromatic carbocycles. The fourth-order valence-corrected chi connectivity index (χ4v) is 3.79. The Morgan fingerprint density at radius 2 is 2.00 bits per heavy atom. The summed E-state index contributed by atoms with van der Waals surface area (Å²) in [5, 5.41) is 6.71. The predicted octanol–water partition coefficient (Wildman–Crippen LogP) is 2.96. The molecule has 2 N–H and O–H groups in total. The van der Waals surface area contributed by atoms with E-state index in [0.717, 1.165) is 44.2 Å². The second kappa shape index (κ2) is 12.4. The minimum absolute atomic E-state index is 0. The zero-order valence-electron chi connectivity index (χ0n) is 18.8. The number of morpholine rings is 1. The Labute approximate surface area is 201 Å². The van der Waals surface area contributed by atoms with Crippen LogP contribution in [0.25, 0.3) is 5.69 Å². The quantitative estimate of drug-likeness (QED) is 0.319. The fraction of sp³-hybridized carbons (Fsp3) is 0.545. The zero-order chi connectivity index (χ0) is 21.5. The van der Waals surface area contributed by atoms with Crippen LogP contribution in [0.2, 0.25) is 0 Å². The molecule has 0 spiro atoms. The summed E-state index contributed by atoms with van der Waals surface area (Å²) in [5.41, 5.74) is 1.35. The molecular formula is C22H34FIN6O. The first-order valence-electron chi connectivity index (χ1n) is 10.5. The van der Waals surface area contributed by atoms with Crippen LogP contribution in [0.5, 0.6) is 0 Å². The van der Waals surface area contributed by atoms with Crippen LogP contribution < -0.4 is 10.6 Å². The lowest BCUT2D eigenvalue weighted by Crippen LogP contribution is -2.52. The van der Waals surface area contributed by atoms with Gasteiger partial charge in [-0.15, -0.1) is 24.0 Å². The molecular weight excluding hydrogens is 510 g/mol. The monoisotopic (exact) mass is 544 g/mol. The first kappa shape index (κ1) is 25.5. The number of halogens is 2. The van der Waals surface area contributed by atoms with E-state index in [0.29, 0.717) is 30.2 Å². The molecule has 1 saturated heterocycles. The lowest BCUT2D eigenvalue weighted by molar-refractivity contribution is 0.00752. The van der Waals surface area contributed by atoms with E-state index in [2.05, 4.69) is 39.4 Å². The molecule has 1 aliphatic rings. The first-order chi connectivity index (χ1) is 14.5. The number of aromatic nitrogens is 2. The number of rotatable bonds is 7. The number of hydrogen-bond acceptors (Lipinski definition) is 4. The molecule has 9 heteroatoms. The summed E-state index contributed by atoms with van der Waals surface area (Å²) in [6, 6.07) is 5.66. The summed E-state index contributed by atoms with van der Waals surface area (Å²) in [6.07, 6.45) is 3.43. The maximum atomic E-state index is 14.6. The fourth-order valence-electron chi connectivity index (χ4n) is 3.79. The third kappa shape index (κ3) is 6.88. The molecule has 1 atom stereocenters. The van der Waals surface area contributed by atoms with Gasteiger partial charge in [-0.3, -0.25) is 9.89 Å². The molecule has 1 aliphatic heterocycles. The third-order valence-electron chi connectivity index (χ3n) is 5.54. The number of nitrogens with one attached hydrogen (secondary N) is 2. The van der Waals surface area contributed by atoms with Gasteiger partial charge in [-0.25, -0.2) is 9.37 Å². The summed E-state index contributed by atoms with van der Waals surface area (Å²) in [5.74, 6) is 1.71. The van der Waals surface area contributed by atoms with E-state index >= 15 is 0 Å². The van der Waals surface area contributed by atoms with Crippen molar-refractivity contribution in [3.63, 3.8) is 0 Å². The van der Waals surface area contributed by atoms with Crippen LogP contribution in [-0.2, 0) is 11.3 Å². The van der Waals surface area contributed by atoms with E-state index in [4.69, 9.17) is 4.74 Å². The van der Waals surface area contributed by atoms with Gasteiger partial charge in [0.1, 0.15) is 11.6 Å². The molecule has 3 rings (SSSR count). The van der Waals surface area contributed by atoms with Gasteiger partial charge in [0.2, 0.25) is 0 Å². The number of hydrogen-bond donors (Lipinski definition) is 2. The summed E-state index contributed by atoms with van der Waals surface area (Å²) in [6.45, 7) is 11.1. The van der Waals surface area contributed by atoms with Gasteiger partial charge in [-0.05, 0) is 30.5 Å². The Morgan fingerprint density at radius 3 is 2.58 bits per heavy atom. The molecule has 0 amide bonds. The van der Waals surface area contributed by atoms with Gasteiger partial charge < -0.3 is 19.9 Å². The average molecular weight is 544 g/mol. The number of ether oxygens (including phenoxy) is 1. The lowest BCUT2D eigenvalue weighted by atomic mass is 10.0. The van der Waals surface area contributed by atoms with Gasteiger partial charge in [-0.1, -0.05) is 19.9 Å². The summed E-state index contributed by atoms with van der Waals surface area (Å²) in [7, 11) is 1.75. The standard InChI is InChI=1S/C22H33FN6O.HI/c1-16(2)21(28-9-11-30-12-10-28)15-27-22(24-4)26-14-18-5-6-20(19(23)13-18)29-8-7-25-17(29)3;/h5-8,13,16,21H,9-12,14-15H2,1-4H3,(H2,24,26,27);1H. The topological polar surface area (TPSA) is 66.7 Å². The Balaban J connectivity index is 0.00000341. The molecule has 0 bridgehead atoms. The van der Waals surface area contributed by atoms with Crippen LogP contribution in [0.3, 0.4) is 0 Å². The van der Waals surface area contributed by atoms with E-state index < -0.39 is 0 Å². The SMILES string of the molecule is CN=C(NCc1ccc(-n2ccnc2C)c(F)c1)NCC(C(C)C)N1CCOCC1.I. The molecule has 2 heterocycles. The van der Waals surface area contributed by atoms with Gasteiger partial charge in [0.15, 0.2) is 5.96 Å². The van der Waals surface area contributed by atoms with Crippen LogP contribution in [0, 0.1) is 18.7 Å². The van der Waals surface area contributed by atoms with Crippen LogP contribution in [-0.4, -0.2) is 66.3 Å². The van der Waals surface area contributed by atoms with Gasteiger partial charge in [0.05, 0.1) is 18.9 Å².